The first-order valence-electron chi connectivity index (χ1n) is 4.75. The van der Waals surface area contributed by atoms with Crippen LogP contribution < -0.4 is 0 Å². The predicted molar refractivity (Wildman–Crippen MR) is 60.0 cm³/mol. The molecular weight excluding hydrogens is 230 g/mol. The van der Waals surface area contributed by atoms with E-state index in [-0.39, 0.29) is 11.7 Å². The van der Waals surface area contributed by atoms with E-state index in [1.165, 1.54) is 12.1 Å². The lowest BCUT2D eigenvalue weighted by Crippen LogP contribution is -1.96. The molecule has 1 rings (SSSR count). The van der Waals surface area contributed by atoms with Crippen LogP contribution in [0.4, 0.5) is 5.69 Å². The molecule has 0 bridgehead atoms. The third-order valence-electron chi connectivity index (χ3n) is 1.73. The van der Waals surface area contributed by atoms with E-state index in [9.17, 15) is 14.9 Å². The molecular formula is C10H11NO4S. The van der Waals surface area contributed by atoms with Gasteiger partial charge in [-0.25, -0.2) is 0 Å². The SMILES string of the molecule is CCCC(=O)OSc1ccc([N+](=O)[O-])cc1. The molecule has 0 saturated carbocycles. The Bertz CT molecular complexity index is 377. The van der Waals surface area contributed by atoms with Crippen molar-refractivity contribution in [2.75, 3.05) is 0 Å². The zero-order valence-electron chi connectivity index (χ0n) is 8.71. The monoisotopic (exact) mass is 241 g/mol. The molecule has 0 N–H and O–H groups in total. The Labute approximate surface area is 97.2 Å². The summed E-state index contributed by atoms with van der Waals surface area (Å²) in [5, 5.41) is 10.4. The van der Waals surface area contributed by atoms with Gasteiger partial charge in [0, 0.05) is 23.4 Å². The lowest BCUT2D eigenvalue weighted by Gasteiger charge is -2.00. The van der Waals surface area contributed by atoms with E-state index in [1.54, 1.807) is 12.1 Å². The molecule has 1 aromatic rings. The van der Waals surface area contributed by atoms with Crippen LogP contribution in [0.5, 0.6) is 0 Å². The minimum Gasteiger partial charge on any atom is -0.386 e. The van der Waals surface area contributed by atoms with E-state index in [0.29, 0.717) is 11.3 Å². The largest absolute Gasteiger partial charge is 0.386 e. The minimum absolute atomic E-state index is 0.0178. The fraction of sp³-hybridized carbons (Fsp3) is 0.300. The summed E-state index contributed by atoms with van der Waals surface area (Å²) in [6, 6.07) is 5.83. The maximum absolute atomic E-state index is 11.0. The molecule has 1 aromatic carbocycles. The average Bonchev–Trinajstić information content (AvgIpc) is 2.27. The molecule has 0 unspecified atom stereocenters. The van der Waals surface area contributed by atoms with Crippen LogP contribution in [0, 0.1) is 10.1 Å². The van der Waals surface area contributed by atoms with Crippen LogP contribution in [-0.2, 0) is 8.98 Å². The van der Waals surface area contributed by atoms with Crippen molar-refractivity contribution >= 4 is 23.7 Å². The second kappa shape index (κ2) is 6.12. The Morgan fingerprint density at radius 2 is 2.06 bits per heavy atom. The average molecular weight is 241 g/mol. The fourth-order valence-corrected chi connectivity index (χ4v) is 1.48. The summed E-state index contributed by atoms with van der Waals surface area (Å²) in [4.78, 5) is 21.6. The molecule has 0 aliphatic rings. The molecule has 5 nitrogen and oxygen atoms in total. The summed E-state index contributed by atoms with van der Waals surface area (Å²) in [5.74, 6) is -0.286. The van der Waals surface area contributed by atoms with Crippen molar-refractivity contribution in [2.45, 2.75) is 24.7 Å². The molecule has 0 saturated heterocycles. The van der Waals surface area contributed by atoms with Crippen molar-refractivity contribution in [1.82, 2.24) is 0 Å². The zero-order valence-corrected chi connectivity index (χ0v) is 9.53. The molecule has 6 heteroatoms. The maximum atomic E-state index is 11.0. The molecule has 0 aliphatic heterocycles. The number of hydrogen-bond donors (Lipinski definition) is 0. The predicted octanol–water partition coefficient (Wildman–Crippen LogP) is 2.95. The van der Waals surface area contributed by atoms with Crippen LogP contribution in [0.25, 0.3) is 0 Å². The van der Waals surface area contributed by atoms with Crippen LogP contribution in [0.1, 0.15) is 19.8 Å². The third kappa shape index (κ3) is 3.90. The fourth-order valence-electron chi connectivity index (χ4n) is 0.964. The van der Waals surface area contributed by atoms with E-state index in [1.807, 2.05) is 6.92 Å². The quantitative estimate of drug-likeness (QED) is 0.450. The highest BCUT2D eigenvalue weighted by atomic mass is 32.2. The number of hydrogen-bond acceptors (Lipinski definition) is 5. The van der Waals surface area contributed by atoms with Gasteiger partial charge in [-0.15, -0.1) is 0 Å². The van der Waals surface area contributed by atoms with Gasteiger partial charge < -0.3 is 4.18 Å². The van der Waals surface area contributed by atoms with Crippen molar-refractivity contribution in [3.63, 3.8) is 0 Å². The highest BCUT2D eigenvalue weighted by Crippen LogP contribution is 2.22. The van der Waals surface area contributed by atoms with Crippen LogP contribution >= 0.6 is 12.0 Å². The highest BCUT2D eigenvalue weighted by molar-refractivity contribution is 7.95. The number of nitro benzene ring substituents is 1. The normalized spacial score (nSPS) is 9.81. The van der Waals surface area contributed by atoms with Gasteiger partial charge in [0.05, 0.1) is 17.0 Å². The molecule has 86 valence electrons. The van der Waals surface area contributed by atoms with Gasteiger partial charge in [-0.3, -0.25) is 14.9 Å². The zero-order chi connectivity index (χ0) is 12.0. The Morgan fingerprint density at radius 1 is 1.44 bits per heavy atom. The van der Waals surface area contributed by atoms with E-state index in [0.717, 1.165) is 18.5 Å². The van der Waals surface area contributed by atoms with Gasteiger partial charge in [0.1, 0.15) is 0 Å². The molecule has 0 heterocycles. The van der Waals surface area contributed by atoms with Gasteiger partial charge in [-0.1, -0.05) is 6.92 Å². The molecule has 0 fully saturated rings. The summed E-state index contributed by atoms with van der Waals surface area (Å²) in [6.07, 6.45) is 1.11. The van der Waals surface area contributed by atoms with Crippen molar-refractivity contribution in [3.05, 3.63) is 34.4 Å². The summed E-state index contributed by atoms with van der Waals surface area (Å²) in [5.41, 5.74) is 0.0178. The molecule has 0 aromatic heterocycles. The third-order valence-corrected chi connectivity index (χ3v) is 2.47. The van der Waals surface area contributed by atoms with Crippen LogP contribution in [-0.4, -0.2) is 10.9 Å². The van der Waals surface area contributed by atoms with Crippen LogP contribution in [0.2, 0.25) is 0 Å². The Hall–Kier alpha value is -1.56. The summed E-state index contributed by atoms with van der Waals surface area (Å²) in [7, 11) is 0. The lowest BCUT2D eigenvalue weighted by molar-refractivity contribution is -0.384. The van der Waals surface area contributed by atoms with E-state index >= 15 is 0 Å². The van der Waals surface area contributed by atoms with Crippen molar-refractivity contribution in [1.29, 1.82) is 0 Å². The van der Waals surface area contributed by atoms with Crippen molar-refractivity contribution in [2.24, 2.45) is 0 Å². The number of carbonyl (C=O) groups is 1. The second-order valence-corrected chi connectivity index (χ2v) is 3.84. The molecule has 0 amide bonds. The van der Waals surface area contributed by atoms with E-state index < -0.39 is 4.92 Å². The number of carbonyl (C=O) groups excluding carboxylic acids is 1. The molecule has 0 spiro atoms. The first kappa shape index (κ1) is 12.5. The number of benzene rings is 1. The molecule has 16 heavy (non-hydrogen) atoms. The minimum atomic E-state index is -0.475. The summed E-state index contributed by atoms with van der Waals surface area (Å²) < 4.78 is 4.88. The van der Waals surface area contributed by atoms with E-state index in [2.05, 4.69) is 0 Å². The summed E-state index contributed by atoms with van der Waals surface area (Å²) >= 11 is 0.917. The van der Waals surface area contributed by atoms with Gasteiger partial charge in [-0.05, 0) is 18.6 Å². The maximum Gasteiger partial charge on any atom is 0.318 e. The topological polar surface area (TPSA) is 69.4 Å². The lowest BCUT2D eigenvalue weighted by atomic mass is 10.3. The molecule has 0 atom stereocenters. The number of nitrogens with zero attached hydrogens (tertiary/aromatic N) is 1. The van der Waals surface area contributed by atoms with Gasteiger partial charge in [0.25, 0.3) is 5.69 Å². The standard InChI is InChI=1S/C10H11NO4S/c1-2-3-10(12)15-16-9-6-4-8(5-7-9)11(13)14/h4-7H,2-3H2,1H3. The first-order chi connectivity index (χ1) is 7.63. The van der Waals surface area contributed by atoms with Crippen molar-refractivity contribution in [3.8, 4) is 0 Å². The molecule has 0 aliphatic carbocycles. The number of rotatable bonds is 5. The van der Waals surface area contributed by atoms with Crippen molar-refractivity contribution < 1.29 is 13.9 Å². The van der Waals surface area contributed by atoms with Gasteiger partial charge in [0.15, 0.2) is 0 Å². The van der Waals surface area contributed by atoms with Crippen LogP contribution in [0.15, 0.2) is 29.2 Å². The first-order valence-corrected chi connectivity index (χ1v) is 5.49. The Morgan fingerprint density at radius 3 is 2.56 bits per heavy atom. The summed E-state index contributed by atoms with van der Waals surface area (Å²) in [6.45, 7) is 1.89. The molecule has 0 radical (unpaired) electrons. The Balaban J connectivity index is 2.49. The van der Waals surface area contributed by atoms with Gasteiger partial charge in [0.2, 0.25) is 0 Å². The second-order valence-electron chi connectivity index (χ2n) is 3.04. The number of non-ortho nitro benzene ring substituents is 1. The Kier molecular flexibility index (Phi) is 4.78. The van der Waals surface area contributed by atoms with Gasteiger partial charge in [-0.2, -0.15) is 0 Å². The van der Waals surface area contributed by atoms with Crippen LogP contribution in [0.3, 0.4) is 0 Å². The smallest absolute Gasteiger partial charge is 0.318 e. The number of nitro groups is 1. The van der Waals surface area contributed by atoms with Gasteiger partial charge >= 0.3 is 5.97 Å². The van der Waals surface area contributed by atoms with E-state index in [4.69, 9.17) is 4.18 Å². The highest BCUT2D eigenvalue weighted by Gasteiger charge is 2.06.